The van der Waals surface area contributed by atoms with Crippen molar-refractivity contribution in [2.24, 2.45) is 0 Å². The maximum Gasteiger partial charge on any atom is 0.0994 e. The van der Waals surface area contributed by atoms with Crippen LogP contribution in [-0.2, 0) is 4.74 Å². The van der Waals surface area contributed by atoms with Crippen LogP contribution in [0.4, 0.5) is 0 Å². The van der Waals surface area contributed by atoms with E-state index in [0.717, 1.165) is 13.3 Å². The van der Waals surface area contributed by atoms with Crippen LogP contribution in [0.5, 0.6) is 0 Å². The molecule has 0 aliphatic carbocycles. The summed E-state index contributed by atoms with van der Waals surface area (Å²) in [5, 5.41) is 3.07. The molecular weight excluding hydrogens is 142 g/mol. The molecule has 0 atom stereocenters. The molecule has 0 saturated carbocycles. The van der Waals surface area contributed by atoms with E-state index in [1.165, 1.54) is 0 Å². The standard InChI is InChI=1S/C7H19N3O/c1-8-5-9(2)6-10(3)7-11-4/h8H,5-7H2,1-4H3. The first kappa shape index (κ1) is 10.8. The van der Waals surface area contributed by atoms with Gasteiger partial charge in [-0.25, -0.2) is 0 Å². The number of hydrogen-bond donors (Lipinski definition) is 1. The van der Waals surface area contributed by atoms with Crippen LogP contribution in [0.25, 0.3) is 0 Å². The molecule has 0 amide bonds. The summed E-state index contributed by atoms with van der Waals surface area (Å²) < 4.78 is 4.96. The highest BCUT2D eigenvalue weighted by Crippen LogP contribution is 1.85. The van der Waals surface area contributed by atoms with E-state index < -0.39 is 0 Å². The third kappa shape index (κ3) is 6.25. The Morgan fingerprint density at radius 3 is 2.36 bits per heavy atom. The highest BCUT2D eigenvalue weighted by atomic mass is 16.5. The van der Waals surface area contributed by atoms with Crippen LogP contribution in [0.2, 0.25) is 0 Å². The summed E-state index contributed by atoms with van der Waals surface area (Å²) in [5.74, 6) is 0. The van der Waals surface area contributed by atoms with Crippen LogP contribution in [-0.4, -0.2) is 58.1 Å². The zero-order chi connectivity index (χ0) is 8.69. The lowest BCUT2D eigenvalue weighted by atomic mass is 10.7. The summed E-state index contributed by atoms with van der Waals surface area (Å²) in [4.78, 5) is 4.26. The van der Waals surface area contributed by atoms with Gasteiger partial charge in [0.05, 0.1) is 13.4 Å². The van der Waals surface area contributed by atoms with Crippen LogP contribution >= 0.6 is 0 Å². The molecule has 0 aromatic carbocycles. The van der Waals surface area contributed by atoms with Gasteiger partial charge in [-0.2, -0.15) is 0 Å². The van der Waals surface area contributed by atoms with Crippen molar-refractivity contribution in [3.8, 4) is 0 Å². The van der Waals surface area contributed by atoms with Crippen molar-refractivity contribution in [2.45, 2.75) is 0 Å². The van der Waals surface area contributed by atoms with Crippen LogP contribution in [0.1, 0.15) is 0 Å². The number of ether oxygens (including phenoxy) is 1. The largest absolute Gasteiger partial charge is 0.369 e. The fourth-order valence-electron chi connectivity index (χ4n) is 0.993. The number of hydrogen-bond acceptors (Lipinski definition) is 4. The molecular formula is C7H19N3O. The molecule has 0 saturated heterocycles. The van der Waals surface area contributed by atoms with E-state index >= 15 is 0 Å². The minimum Gasteiger partial charge on any atom is -0.369 e. The smallest absolute Gasteiger partial charge is 0.0994 e. The third-order valence-corrected chi connectivity index (χ3v) is 1.26. The van der Waals surface area contributed by atoms with E-state index in [1.54, 1.807) is 7.11 Å². The maximum absolute atomic E-state index is 4.96. The van der Waals surface area contributed by atoms with Crippen LogP contribution in [0, 0.1) is 0 Å². The van der Waals surface area contributed by atoms with Gasteiger partial charge < -0.3 is 10.1 Å². The Balaban J connectivity index is 3.32. The second-order valence-corrected chi connectivity index (χ2v) is 2.78. The van der Waals surface area contributed by atoms with Crippen molar-refractivity contribution in [1.29, 1.82) is 0 Å². The van der Waals surface area contributed by atoms with Crippen molar-refractivity contribution in [2.75, 3.05) is 48.3 Å². The molecule has 0 rings (SSSR count). The molecule has 0 unspecified atom stereocenters. The third-order valence-electron chi connectivity index (χ3n) is 1.26. The summed E-state index contributed by atoms with van der Waals surface area (Å²) in [6.07, 6.45) is 0. The molecule has 1 N–H and O–H groups in total. The van der Waals surface area contributed by atoms with Gasteiger partial charge in [-0.1, -0.05) is 0 Å². The van der Waals surface area contributed by atoms with Gasteiger partial charge in [-0.15, -0.1) is 0 Å². The van der Waals surface area contributed by atoms with Crippen molar-refractivity contribution < 1.29 is 4.74 Å². The molecule has 0 heterocycles. The molecule has 0 aromatic rings. The Morgan fingerprint density at radius 1 is 1.27 bits per heavy atom. The van der Waals surface area contributed by atoms with Gasteiger partial charge in [-0.05, 0) is 21.1 Å². The second-order valence-electron chi connectivity index (χ2n) is 2.78. The number of rotatable bonds is 6. The van der Waals surface area contributed by atoms with E-state index in [1.807, 2.05) is 14.1 Å². The maximum atomic E-state index is 4.96. The van der Waals surface area contributed by atoms with Gasteiger partial charge in [0.25, 0.3) is 0 Å². The Labute approximate surface area is 69.1 Å². The van der Waals surface area contributed by atoms with Gasteiger partial charge in [0, 0.05) is 13.8 Å². The fraction of sp³-hybridized carbons (Fsp3) is 1.00. The van der Waals surface area contributed by atoms with Gasteiger partial charge >= 0.3 is 0 Å². The summed E-state index contributed by atoms with van der Waals surface area (Å²) in [6.45, 7) is 2.48. The number of methoxy groups -OCH3 is 1. The highest BCUT2D eigenvalue weighted by Gasteiger charge is 2.00. The zero-order valence-electron chi connectivity index (χ0n) is 7.92. The summed E-state index contributed by atoms with van der Waals surface area (Å²) >= 11 is 0. The molecule has 11 heavy (non-hydrogen) atoms. The lowest BCUT2D eigenvalue weighted by Gasteiger charge is -2.23. The van der Waals surface area contributed by atoms with E-state index in [4.69, 9.17) is 4.74 Å². The molecule has 4 heteroatoms. The predicted molar refractivity (Wildman–Crippen MR) is 46.2 cm³/mol. The van der Waals surface area contributed by atoms with Gasteiger partial charge in [0.15, 0.2) is 0 Å². The minimum atomic E-state index is 0.675. The second kappa shape index (κ2) is 6.54. The Morgan fingerprint density at radius 2 is 1.91 bits per heavy atom. The molecule has 0 spiro atoms. The lowest BCUT2D eigenvalue weighted by molar-refractivity contribution is 0.0463. The normalized spacial score (nSPS) is 11.5. The molecule has 0 aromatic heterocycles. The monoisotopic (exact) mass is 161 g/mol. The molecule has 0 aliphatic heterocycles. The van der Waals surface area contributed by atoms with E-state index in [9.17, 15) is 0 Å². The summed E-state index contributed by atoms with van der Waals surface area (Å²) in [5.41, 5.74) is 0. The number of nitrogens with zero attached hydrogens (tertiary/aromatic N) is 2. The van der Waals surface area contributed by atoms with E-state index in [2.05, 4.69) is 22.2 Å². The topological polar surface area (TPSA) is 27.7 Å². The van der Waals surface area contributed by atoms with E-state index in [0.29, 0.717) is 6.73 Å². The summed E-state index contributed by atoms with van der Waals surface area (Å²) in [6, 6.07) is 0. The first-order chi connectivity index (χ1) is 5.20. The predicted octanol–water partition coefficient (Wildman–Crippen LogP) is -0.412. The van der Waals surface area contributed by atoms with E-state index in [-0.39, 0.29) is 0 Å². The molecule has 0 bridgehead atoms. The molecule has 4 nitrogen and oxygen atoms in total. The van der Waals surface area contributed by atoms with Crippen molar-refractivity contribution in [3.05, 3.63) is 0 Å². The van der Waals surface area contributed by atoms with Gasteiger partial charge in [-0.3, -0.25) is 9.80 Å². The zero-order valence-corrected chi connectivity index (χ0v) is 7.92. The van der Waals surface area contributed by atoms with Crippen molar-refractivity contribution in [3.63, 3.8) is 0 Å². The summed E-state index contributed by atoms with van der Waals surface area (Å²) in [7, 11) is 7.72. The Bertz CT molecular complexity index is 79.8. The molecule has 68 valence electrons. The first-order valence-electron chi connectivity index (χ1n) is 3.71. The van der Waals surface area contributed by atoms with Crippen LogP contribution in [0.3, 0.4) is 0 Å². The molecule has 0 radical (unpaired) electrons. The highest BCUT2D eigenvalue weighted by molar-refractivity contribution is 4.45. The van der Waals surface area contributed by atoms with Crippen LogP contribution in [0.15, 0.2) is 0 Å². The quantitative estimate of drug-likeness (QED) is 0.536. The minimum absolute atomic E-state index is 0.675. The molecule has 0 fully saturated rings. The SMILES string of the molecule is CNCN(C)CN(C)COC. The average molecular weight is 161 g/mol. The van der Waals surface area contributed by atoms with Crippen molar-refractivity contribution >= 4 is 0 Å². The Kier molecular flexibility index (Phi) is 6.45. The molecule has 0 aliphatic rings. The average Bonchev–Trinajstić information content (AvgIpc) is 1.87. The lowest BCUT2D eigenvalue weighted by Crippen LogP contribution is -2.38. The first-order valence-corrected chi connectivity index (χ1v) is 3.71. The van der Waals surface area contributed by atoms with Crippen LogP contribution < -0.4 is 5.32 Å². The fourth-order valence-corrected chi connectivity index (χ4v) is 0.993. The number of nitrogens with one attached hydrogen (secondary N) is 1. The van der Waals surface area contributed by atoms with Gasteiger partial charge in [0.1, 0.15) is 0 Å². The van der Waals surface area contributed by atoms with Crippen molar-refractivity contribution in [1.82, 2.24) is 15.1 Å². The Hall–Kier alpha value is -0.160. The van der Waals surface area contributed by atoms with Gasteiger partial charge in [0.2, 0.25) is 0 Å².